The smallest absolute Gasteiger partial charge is 0.259 e. The van der Waals surface area contributed by atoms with Crippen LogP contribution in [0.2, 0.25) is 0 Å². The molecule has 0 spiro atoms. The molecule has 2 N–H and O–H groups in total. The van der Waals surface area contributed by atoms with Crippen molar-refractivity contribution in [2.75, 3.05) is 19.0 Å². The van der Waals surface area contributed by atoms with E-state index in [0.29, 0.717) is 17.0 Å². The van der Waals surface area contributed by atoms with Gasteiger partial charge in [-0.1, -0.05) is 11.8 Å². The number of carbonyl (C=O) groups excluding carboxylic acids is 1. The van der Waals surface area contributed by atoms with Gasteiger partial charge in [-0.15, -0.1) is 0 Å². The fraction of sp³-hybridized carbons (Fsp3) is 0.125. The van der Waals surface area contributed by atoms with Crippen molar-refractivity contribution in [2.45, 2.75) is 0 Å². The predicted octanol–water partition coefficient (Wildman–Crippen LogP) is 1.69. The van der Waals surface area contributed by atoms with Crippen molar-refractivity contribution in [3.05, 3.63) is 53.9 Å². The number of amides is 1. The monoisotopic (exact) mass is 282 g/mol. The van der Waals surface area contributed by atoms with Gasteiger partial charge in [0.05, 0.1) is 18.9 Å². The number of carbonyl (C=O) groups is 1. The molecule has 0 atom stereocenters. The van der Waals surface area contributed by atoms with E-state index in [-0.39, 0.29) is 12.5 Å². The quantitative estimate of drug-likeness (QED) is 0.840. The molecule has 106 valence electrons. The molecule has 0 aliphatic rings. The van der Waals surface area contributed by atoms with E-state index in [1.807, 2.05) is 0 Å². The summed E-state index contributed by atoms with van der Waals surface area (Å²) in [7, 11) is 1.49. The highest BCUT2D eigenvalue weighted by molar-refractivity contribution is 6.06. The molecule has 5 nitrogen and oxygen atoms in total. The molecule has 0 unspecified atom stereocenters. The molecule has 21 heavy (non-hydrogen) atoms. The maximum Gasteiger partial charge on any atom is 0.259 e. The third kappa shape index (κ3) is 3.81. The van der Waals surface area contributed by atoms with Crippen LogP contribution in [0.3, 0.4) is 0 Å². The molecule has 0 aliphatic heterocycles. The summed E-state index contributed by atoms with van der Waals surface area (Å²) < 4.78 is 5.10. The van der Waals surface area contributed by atoms with Crippen LogP contribution >= 0.6 is 0 Å². The van der Waals surface area contributed by atoms with Crippen LogP contribution in [-0.4, -0.2) is 29.7 Å². The Bertz CT molecular complexity index is 685. The molecular formula is C16H14N2O3. The third-order valence-corrected chi connectivity index (χ3v) is 2.70. The van der Waals surface area contributed by atoms with Gasteiger partial charge in [0.1, 0.15) is 12.4 Å². The first-order valence-electron chi connectivity index (χ1n) is 6.23. The number of methoxy groups -OCH3 is 1. The number of nitrogens with one attached hydrogen (secondary N) is 1. The summed E-state index contributed by atoms with van der Waals surface area (Å²) in [6.07, 6.45) is 3.02. The average molecular weight is 282 g/mol. The van der Waals surface area contributed by atoms with Crippen LogP contribution in [0.5, 0.6) is 5.75 Å². The Balaban J connectivity index is 2.12. The number of aromatic nitrogens is 1. The lowest BCUT2D eigenvalue weighted by Gasteiger charge is -2.08. The second-order valence-corrected chi connectivity index (χ2v) is 4.07. The second-order valence-electron chi connectivity index (χ2n) is 4.07. The SMILES string of the molecule is COc1cnccc1C(=O)Nc1ccc(C#CCO)cc1. The zero-order chi connectivity index (χ0) is 15.1. The number of rotatable bonds is 3. The van der Waals surface area contributed by atoms with E-state index in [1.54, 1.807) is 30.3 Å². The van der Waals surface area contributed by atoms with Gasteiger partial charge in [-0.2, -0.15) is 0 Å². The van der Waals surface area contributed by atoms with Gasteiger partial charge in [-0.25, -0.2) is 0 Å². The van der Waals surface area contributed by atoms with E-state index in [0.717, 1.165) is 5.56 Å². The van der Waals surface area contributed by atoms with E-state index < -0.39 is 0 Å². The van der Waals surface area contributed by atoms with E-state index in [4.69, 9.17) is 9.84 Å². The van der Waals surface area contributed by atoms with Crippen LogP contribution in [-0.2, 0) is 0 Å². The summed E-state index contributed by atoms with van der Waals surface area (Å²) in [6, 6.07) is 8.61. The van der Waals surface area contributed by atoms with Gasteiger partial charge in [-0.05, 0) is 30.3 Å². The summed E-state index contributed by atoms with van der Waals surface area (Å²) in [4.78, 5) is 16.1. The van der Waals surface area contributed by atoms with Gasteiger partial charge in [0.15, 0.2) is 0 Å². The Kier molecular flexibility index (Phi) is 4.91. The summed E-state index contributed by atoms with van der Waals surface area (Å²) in [5, 5.41) is 11.4. The number of ether oxygens (including phenoxy) is 1. The van der Waals surface area contributed by atoms with Gasteiger partial charge in [-0.3, -0.25) is 9.78 Å². The van der Waals surface area contributed by atoms with Crippen LogP contribution < -0.4 is 10.1 Å². The number of benzene rings is 1. The van der Waals surface area contributed by atoms with E-state index >= 15 is 0 Å². The Morgan fingerprint density at radius 3 is 2.76 bits per heavy atom. The number of hydrogen-bond donors (Lipinski definition) is 2. The highest BCUT2D eigenvalue weighted by Gasteiger charge is 2.11. The number of pyridine rings is 1. The minimum Gasteiger partial charge on any atom is -0.494 e. The van der Waals surface area contributed by atoms with Crippen LogP contribution in [0.25, 0.3) is 0 Å². The van der Waals surface area contributed by atoms with Crippen molar-refractivity contribution >= 4 is 11.6 Å². The summed E-state index contributed by atoms with van der Waals surface area (Å²) >= 11 is 0. The summed E-state index contributed by atoms with van der Waals surface area (Å²) in [5.74, 6) is 5.49. The Morgan fingerprint density at radius 2 is 2.10 bits per heavy atom. The van der Waals surface area contributed by atoms with Crippen molar-refractivity contribution in [1.29, 1.82) is 0 Å². The maximum absolute atomic E-state index is 12.2. The van der Waals surface area contributed by atoms with Crippen molar-refractivity contribution in [3.63, 3.8) is 0 Å². The lowest BCUT2D eigenvalue weighted by Crippen LogP contribution is -2.13. The zero-order valence-electron chi connectivity index (χ0n) is 11.5. The van der Waals surface area contributed by atoms with E-state index in [9.17, 15) is 4.79 Å². The van der Waals surface area contributed by atoms with Crippen molar-refractivity contribution in [3.8, 4) is 17.6 Å². The summed E-state index contributed by atoms with van der Waals surface area (Å²) in [6.45, 7) is -0.180. The standard InChI is InChI=1S/C16H14N2O3/c1-21-15-11-17-9-8-14(15)16(20)18-13-6-4-12(5-7-13)3-2-10-19/h4-9,11,19H,10H2,1H3,(H,18,20). The van der Waals surface area contributed by atoms with Gasteiger partial charge < -0.3 is 15.2 Å². The number of aliphatic hydroxyl groups is 1. The first-order valence-corrected chi connectivity index (χ1v) is 6.23. The summed E-state index contributed by atoms with van der Waals surface area (Å²) in [5.41, 5.74) is 1.83. The highest BCUT2D eigenvalue weighted by atomic mass is 16.5. The van der Waals surface area contributed by atoms with E-state index in [2.05, 4.69) is 22.1 Å². The molecular weight excluding hydrogens is 268 g/mol. The molecule has 0 radical (unpaired) electrons. The van der Waals surface area contributed by atoms with Crippen molar-refractivity contribution in [2.24, 2.45) is 0 Å². The molecule has 5 heteroatoms. The van der Waals surface area contributed by atoms with Crippen LogP contribution in [0.1, 0.15) is 15.9 Å². The predicted molar refractivity (Wildman–Crippen MR) is 79.1 cm³/mol. The lowest BCUT2D eigenvalue weighted by atomic mass is 10.2. The van der Waals surface area contributed by atoms with Gasteiger partial charge >= 0.3 is 0 Å². The largest absolute Gasteiger partial charge is 0.494 e. The normalized spacial score (nSPS) is 9.43. The van der Waals surface area contributed by atoms with E-state index in [1.165, 1.54) is 19.5 Å². The fourth-order valence-electron chi connectivity index (χ4n) is 1.71. The molecule has 1 amide bonds. The Labute approximate surface area is 122 Å². The molecule has 0 aliphatic carbocycles. The minimum atomic E-state index is -0.275. The average Bonchev–Trinajstić information content (AvgIpc) is 2.54. The zero-order valence-corrected chi connectivity index (χ0v) is 11.5. The number of hydrogen-bond acceptors (Lipinski definition) is 4. The first kappa shape index (κ1) is 14.6. The number of anilines is 1. The van der Waals surface area contributed by atoms with Gasteiger partial charge in [0.2, 0.25) is 0 Å². The fourth-order valence-corrected chi connectivity index (χ4v) is 1.71. The molecule has 0 fully saturated rings. The molecule has 2 rings (SSSR count). The van der Waals surface area contributed by atoms with Crippen LogP contribution in [0.15, 0.2) is 42.7 Å². The number of aliphatic hydroxyl groups excluding tert-OH is 1. The lowest BCUT2D eigenvalue weighted by molar-refractivity contribution is 0.102. The molecule has 1 aromatic heterocycles. The Hall–Kier alpha value is -2.84. The molecule has 1 heterocycles. The molecule has 0 saturated heterocycles. The number of nitrogens with zero attached hydrogens (tertiary/aromatic N) is 1. The van der Waals surface area contributed by atoms with Crippen LogP contribution in [0.4, 0.5) is 5.69 Å². The second kappa shape index (κ2) is 7.08. The van der Waals surface area contributed by atoms with Crippen LogP contribution in [0, 0.1) is 11.8 Å². The van der Waals surface area contributed by atoms with Gasteiger partial charge in [0, 0.05) is 17.4 Å². The van der Waals surface area contributed by atoms with Crippen molar-refractivity contribution < 1.29 is 14.6 Å². The van der Waals surface area contributed by atoms with Gasteiger partial charge in [0.25, 0.3) is 5.91 Å². The molecule has 0 saturated carbocycles. The highest BCUT2D eigenvalue weighted by Crippen LogP contribution is 2.18. The molecule has 1 aromatic carbocycles. The molecule has 0 bridgehead atoms. The first-order chi connectivity index (χ1) is 10.2. The third-order valence-electron chi connectivity index (χ3n) is 2.70. The topological polar surface area (TPSA) is 71.5 Å². The Morgan fingerprint density at radius 1 is 1.33 bits per heavy atom. The van der Waals surface area contributed by atoms with Crippen molar-refractivity contribution in [1.82, 2.24) is 4.98 Å². The molecule has 2 aromatic rings. The maximum atomic E-state index is 12.2. The minimum absolute atomic E-state index is 0.180.